The first-order chi connectivity index (χ1) is 25.0. The van der Waals surface area contributed by atoms with Crippen LogP contribution in [0, 0.1) is 0 Å². The molecule has 0 unspecified atom stereocenters. The molecule has 1 heterocycles. The summed E-state index contributed by atoms with van der Waals surface area (Å²) >= 11 is 0. The third-order valence-electron chi connectivity index (χ3n) is 10.8. The van der Waals surface area contributed by atoms with Gasteiger partial charge in [-0.25, -0.2) is 0 Å². The Morgan fingerprint density at radius 2 is 1.12 bits per heavy atom. The zero-order valence-electron chi connectivity index (χ0n) is 28.6. The quantitative estimate of drug-likeness (QED) is 0.184. The van der Waals surface area contributed by atoms with E-state index in [9.17, 15) is 0 Å². The molecule has 0 atom stereocenters. The van der Waals surface area contributed by atoms with E-state index >= 15 is 0 Å². The van der Waals surface area contributed by atoms with Gasteiger partial charge in [-0.1, -0.05) is 141 Å². The van der Waals surface area contributed by atoms with E-state index in [4.69, 9.17) is 4.42 Å². The summed E-state index contributed by atoms with van der Waals surface area (Å²) in [5.74, 6) is 0. The van der Waals surface area contributed by atoms with Gasteiger partial charge in [0, 0.05) is 32.9 Å². The maximum absolute atomic E-state index is 6.83. The lowest BCUT2D eigenvalue weighted by Crippen LogP contribution is -2.16. The molecule has 8 aromatic carbocycles. The van der Waals surface area contributed by atoms with Crippen LogP contribution in [-0.2, 0) is 5.41 Å². The fourth-order valence-electron chi connectivity index (χ4n) is 8.30. The molecule has 0 bridgehead atoms. The third kappa shape index (κ3) is 4.64. The Kier molecular flexibility index (Phi) is 6.56. The van der Waals surface area contributed by atoms with Crippen LogP contribution < -0.4 is 4.90 Å². The molecule has 2 heteroatoms. The van der Waals surface area contributed by atoms with Crippen LogP contribution in [0.4, 0.5) is 17.1 Å². The van der Waals surface area contributed by atoms with Crippen molar-refractivity contribution in [2.45, 2.75) is 19.3 Å². The zero-order chi connectivity index (χ0) is 34.1. The minimum Gasteiger partial charge on any atom is -0.455 e. The molecular formula is C49H35NO. The van der Waals surface area contributed by atoms with Crippen molar-refractivity contribution in [2.24, 2.45) is 0 Å². The molecule has 9 aromatic rings. The van der Waals surface area contributed by atoms with E-state index in [1.165, 1.54) is 44.5 Å². The van der Waals surface area contributed by atoms with Gasteiger partial charge in [-0.05, 0) is 98.4 Å². The lowest BCUT2D eigenvalue weighted by molar-refractivity contribution is 0.660. The zero-order valence-corrected chi connectivity index (χ0v) is 28.6. The Hall–Kier alpha value is -6.38. The molecule has 1 aromatic heterocycles. The number of hydrogen-bond donors (Lipinski definition) is 0. The van der Waals surface area contributed by atoms with Crippen molar-refractivity contribution in [3.8, 4) is 33.4 Å². The van der Waals surface area contributed by atoms with Gasteiger partial charge in [-0.15, -0.1) is 0 Å². The molecule has 2 nitrogen and oxygen atoms in total. The van der Waals surface area contributed by atoms with Crippen molar-refractivity contribution < 1.29 is 4.42 Å². The molecule has 0 N–H and O–H groups in total. The number of furan rings is 1. The Bertz CT molecular complexity index is 2770. The van der Waals surface area contributed by atoms with Gasteiger partial charge in [0.2, 0.25) is 0 Å². The molecule has 10 rings (SSSR count). The smallest absolute Gasteiger partial charge is 0.145 e. The summed E-state index contributed by atoms with van der Waals surface area (Å²) < 4.78 is 6.83. The number of anilines is 3. The van der Waals surface area contributed by atoms with Crippen LogP contribution >= 0.6 is 0 Å². The van der Waals surface area contributed by atoms with Gasteiger partial charge in [0.15, 0.2) is 0 Å². The van der Waals surface area contributed by atoms with E-state index in [0.29, 0.717) is 0 Å². The predicted molar refractivity (Wildman–Crippen MR) is 214 cm³/mol. The van der Waals surface area contributed by atoms with Crippen LogP contribution in [0.5, 0.6) is 0 Å². The van der Waals surface area contributed by atoms with Crippen LogP contribution in [0.1, 0.15) is 25.0 Å². The molecule has 0 spiro atoms. The molecule has 1 aliphatic rings. The van der Waals surface area contributed by atoms with Crippen molar-refractivity contribution in [3.63, 3.8) is 0 Å². The van der Waals surface area contributed by atoms with Crippen molar-refractivity contribution in [3.05, 3.63) is 187 Å². The average Bonchev–Trinajstić information content (AvgIpc) is 3.67. The SMILES string of the molecule is CC1(C)c2ccccc2-c2ccc(N(c3cccc(-c4ccccc4)c3)c3cccc4ccc5c6cc(-c7ccccc7)ccc6oc5c34)cc21. The van der Waals surface area contributed by atoms with Gasteiger partial charge in [0.1, 0.15) is 11.2 Å². The fraction of sp³-hybridized carbons (Fsp3) is 0.0612. The Labute approximate surface area is 297 Å². The number of benzene rings is 8. The lowest BCUT2D eigenvalue weighted by Gasteiger charge is -2.29. The predicted octanol–water partition coefficient (Wildman–Crippen LogP) is 13.8. The molecule has 0 radical (unpaired) electrons. The highest BCUT2D eigenvalue weighted by molar-refractivity contribution is 6.20. The maximum atomic E-state index is 6.83. The molecule has 1 aliphatic carbocycles. The normalized spacial score (nSPS) is 13.1. The molecule has 0 aliphatic heterocycles. The second-order valence-corrected chi connectivity index (χ2v) is 14.1. The lowest BCUT2D eigenvalue weighted by atomic mass is 9.82. The molecule has 0 fully saturated rings. The van der Waals surface area contributed by atoms with E-state index in [1.54, 1.807) is 0 Å². The maximum Gasteiger partial charge on any atom is 0.145 e. The van der Waals surface area contributed by atoms with Gasteiger partial charge in [0.05, 0.1) is 5.69 Å². The van der Waals surface area contributed by atoms with E-state index in [1.807, 2.05) is 0 Å². The number of hydrogen-bond acceptors (Lipinski definition) is 2. The van der Waals surface area contributed by atoms with Crippen molar-refractivity contribution in [1.82, 2.24) is 0 Å². The number of nitrogens with zero attached hydrogens (tertiary/aromatic N) is 1. The Morgan fingerprint density at radius 1 is 0.451 bits per heavy atom. The second-order valence-electron chi connectivity index (χ2n) is 14.1. The summed E-state index contributed by atoms with van der Waals surface area (Å²) in [6.07, 6.45) is 0. The monoisotopic (exact) mass is 653 g/mol. The Morgan fingerprint density at radius 3 is 1.92 bits per heavy atom. The number of fused-ring (bicyclic) bond motifs is 8. The fourth-order valence-corrected chi connectivity index (χ4v) is 8.30. The first-order valence-corrected chi connectivity index (χ1v) is 17.7. The molecule has 0 saturated heterocycles. The minimum absolute atomic E-state index is 0.124. The van der Waals surface area contributed by atoms with Gasteiger partial charge in [-0.2, -0.15) is 0 Å². The molecule has 0 saturated carbocycles. The first-order valence-electron chi connectivity index (χ1n) is 17.7. The highest BCUT2D eigenvalue weighted by atomic mass is 16.3. The minimum atomic E-state index is -0.124. The summed E-state index contributed by atoms with van der Waals surface area (Å²) in [7, 11) is 0. The summed E-state index contributed by atoms with van der Waals surface area (Å²) in [5, 5.41) is 4.48. The molecular weight excluding hydrogens is 619 g/mol. The van der Waals surface area contributed by atoms with E-state index < -0.39 is 0 Å². The number of rotatable bonds is 5. The van der Waals surface area contributed by atoms with E-state index in [0.717, 1.165) is 49.8 Å². The molecule has 51 heavy (non-hydrogen) atoms. The van der Waals surface area contributed by atoms with Crippen LogP contribution in [0.2, 0.25) is 0 Å². The summed E-state index contributed by atoms with van der Waals surface area (Å²) in [6.45, 7) is 4.70. The molecule has 0 amide bonds. The van der Waals surface area contributed by atoms with Crippen molar-refractivity contribution in [1.29, 1.82) is 0 Å². The van der Waals surface area contributed by atoms with Gasteiger partial charge < -0.3 is 9.32 Å². The third-order valence-corrected chi connectivity index (χ3v) is 10.8. The average molecular weight is 654 g/mol. The van der Waals surface area contributed by atoms with Gasteiger partial charge in [-0.3, -0.25) is 0 Å². The summed E-state index contributed by atoms with van der Waals surface area (Å²) in [5.41, 5.74) is 15.1. The highest BCUT2D eigenvalue weighted by Gasteiger charge is 2.36. The van der Waals surface area contributed by atoms with Crippen LogP contribution in [-0.4, -0.2) is 0 Å². The summed E-state index contributed by atoms with van der Waals surface area (Å²) in [6, 6.07) is 63.6. The molecule has 242 valence electrons. The standard InChI is InChI=1S/C49H35NO/c1-49(2)43-21-10-9-20-39(43)40-27-25-38(31-44(40)49)50(37-19-11-18-35(29-37)32-13-5-3-6-14-32)45-22-12-17-34-23-26-41-42-30-36(33-15-7-4-8-16-33)24-28-46(42)51-48(41)47(34)45/h3-31H,1-2H3. The van der Waals surface area contributed by atoms with E-state index in [-0.39, 0.29) is 5.41 Å². The first kappa shape index (κ1) is 29.5. The van der Waals surface area contributed by atoms with Crippen LogP contribution in [0.25, 0.3) is 66.1 Å². The second kappa shape index (κ2) is 11.3. The van der Waals surface area contributed by atoms with Crippen LogP contribution in [0.3, 0.4) is 0 Å². The highest BCUT2D eigenvalue weighted by Crippen LogP contribution is 2.51. The largest absolute Gasteiger partial charge is 0.455 e. The van der Waals surface area contributed by atoms with Crippen molar-refractivity contribution in [2.75, 3.05) is 4.90 Å². The van der Waals surface area contributed by atoms with Gasteiger partial charge in [0.25, 0.3) is 0 Å². The topological polar surface area (TPSA) is 16.4 Å². The summed E-state index contributed by atoms with van der Waals surface area (Å²) in [4.78, 5) is 2.43. The van der Waals surface area contributed by atoms with Crippen molar-refractivity contribution >= 4 is 49.8 Å². The van der Waals surface area contributed by atoms with Crippen LogP contribution in [0.15, 0.2) is 180 Å². The Balaban J connectivity index is 1.23. The van der Waals surface area contributed by atoms with Gasteiger partial charge >= 0.3 is 0 Å². The van der Waals surface area contributed by atoms with E-state index in [2.05, 4.69) is 195 Å².